The molecule has 0 bridgehead atoms. The summed E-state index contributed by atoms with van der Waals surface area (Å²) in [6, 6.07) is 15.9. The number of nitrogens with one attached hydrogen (secondary N) is 1. The van der Waals surface area contributed by atoms with E-state index in [4.69, 9.17) is 11.6 Å². The lowest BCUT2D eigenvalue weighted by molar-refractivity contribution is 0.103. The van der Waals surface area contributed by atoms with E-state index in [1.165, 1.54) is 5.56 Å². The number of carbonyl (C=O) groups excluding carboxylic acids is 1. The molecule has 2 aromatic heterocycles. The van der Waals surface area contributed by atoms with Crippen molar-refractivity contribution < 1.29 is 4.79 Å². The minimum Gasteiger partial charge on any atom is -0.353 e. The summed E-state index contributed by atoms with van der Waals surface area (Å²) in [6.45, 7) is 4.22. The molecule has 148 valence electrons. The molecule has 5 nitrogen and oxygen atoms in total. The molecule has 1 aromatic carbocycles. The summed E-state index contributed by atoms with van der Waals surface area (Å²) in [5.41, 5.74) is 2.63. The van der Waals surface area contributed by atoms with Crippen molar-refractivity contribution in [1.82, 2.24) is 15.3 Å². The van der Waals surface area contributed by atoms with Gasteiger partial charge in [-0.1, -0.05) is 41.9 Å². The van der Waals surface area contributed by atoms with E-state index in [0.29, 0.717) is 16.3 Å². The van der Waals surface area contributed by atoms with Gasteiger partial charge in [-0.25, -0.2) is 4.98 Å². The predicted molar refractivity (Wildman–Crippen MR) is 119 cm³/mol. The lowest BCUT2D eigenvalue weighted by atomic mass is 10.0. The van der Waals surface area contributed by atoms with Gasteiger partial charge in [-0.05, 0) is 46.6 Å². The van der Waals surface area contributed by atoms with Gasteiger partial charge in [-0.2, -0.15) is 0 Å². The number of nitrogens with zero attached hydrogens (tertiary/aromatic N) is 3. The summed E-state index contributed by atoms with van der Waals surface area (Å²) < 4.78 is 0.742. The average Bonchev–Trinajstić information content (AvgIpc) is 2.76. The lowest BCUT2D eigenvalue weighted by Crippen LogP contribution is -2.46. The topological polar surface area (TPSA) is 58.1 Å². The maximum absolute atomic E-state index is 13.1. The van der Waals surface area contributed by atoms with Crippen LogP contribution in [0.4, 0.5) is 5.82 Å². The standard InChI is InChI=1S/C22H20BrClN4O/c1-14-17(11-16(23)12-26-14)22(29)21-18(24)7-8-20(27-21)28-10-9-25-19(13-28)15-5-3-2-4-6-15/h2-8,11-12,19,25H,9-10,13H2,1H3. The lowest BCUT2D eigenvalue weighted by Gasteiger charge is -2.35. The third kappa shape index (κ3) is 4.34. The molecule has 7 heteroatoms. The van der Waals surface area contributed by atoms with Crippen LogP contribution in [0.15, 0.2) is 59.2 Å². The predicted octanol–water partition coefficient (Wildman–Crippen LogP) is 4.58. The summed E-state index contributed by atoms with van der Waals surface area (Å²) in [5.74, 6) is 0.527. The SMILES string of the molecule is Cc1ncc(Br)cc1C(=O)c1nc(N2CCNC(c3ccccc3)C2)ccc1Cl. The molecule has 1 fully saturated rings. The van der Waals surface area contributed by atoms with Gasteiger partial charge in [-0.15, -0.1) is 0 Å². The zero-order chi connectivity index (χ0) is 20.4. The molecule has 0 amide bonds. The molecular weight excluding hydrogens is 452 g/mol. The third-order valence-corrected chi connectivity index (χ3v) is 5.78. The second kappa shape index (κ2) is 8.61. The van der Waals surface area contributed by atoms with E-state index in [1.807, 2.05) is 24.3 Å². The molecule has 1 saturated heterocycles. The maximum atomic E-state index is 13.1. The molecule has 3 heterocycles. The Balaban J connectivity index is 1.63. The summed E-state index contributed by atoms with van der Waals surface area (Å²) in [5, 5.41) is 3.89. The molecule has 1 aliphatic heterocycles. The fourth-order valence-electron chi connectivity index (χ4n) is 3.50. The molecule has 29 heavy (non-hydrogen) atoms. The summed E-state index contributed by atoms with van der Waals surface area (Å²) >= 11 is 9.73. The summed E-state index contributed by atoms with van der Waals surface area (Å²) in [6.07, 6.45) is 1.67. The van der Waals surface area contributed by atoms with Crippen LogP contribution in [-0.2, 0) is 0 Å². The maximum Gasteiger partial charge on any atom is 0.214 e. The first kappa shape index (κ1) is 20.0. The highest BCUT2D eigenvalue weighted by atomic mass is 79.9. The minimum absolute atomic E-state index is 0.207. The van der Waals surface area contributed by atoms with Crippen LogP contribution in [0.5, 0.6) is 0 Å². The van der Waals surface area contributed by atoms with Crippen molar-refractivity contribution >= 4 is 39.1 Å². The van der Waals surface area contributed by atoms with E-state index < -0.39 is 0 Å². The Labute approximate surface area is 183 Å². The smallest absolute Gasteiger partial charge is 0.214 e. The van der Waals surface area contributed by atoms with Gasteiger partial charge in [0.1, 0.15) is 11.5 Å². The number of ketones is 1. The van der Waals surface area contributed by atoms with Crippen LogP contribution < -0.4 is 10.2 Å². The number of piperazine rings is 1. The molecular formula is C22H20BrClN4O. The Hall–Kier alpha value is -2.28. The number of aromatic nitrogens is 2. The monoisotopic (exact) mass is 470 g/mol. The Morgan fingerprint density at radius 3 is 2.83 bits per heavy atom. The molecule has 1 N–H and O–H groups in total. The van der Waals surface area contributed by atoms with E-state index in [-0.39, 0.29) is 17.5 Å². The highest BCUT2D eigenvalue weighted by Crippen LogP contribution is 2.26. The fraction of sp³-hybridized carbons (Fsp3) is 0.227. The zero-order valence-corrected chi connectivity index (χ0v) is 18.2. The first-order valence-electron chi connectivity index (χ1n) is 9.39. The molecule has 0 radical (unpaired) electrons. The Morgan fingerprint density at radius 1 is 1.24 bits per heavy atom. The highest BCUT2D eigenvalue weighted by molar-refractivity contribution is 9.10. The van der Waals surface area contributed by atoms with Crippen molar-refractivity contribution in [2.75, 3.05) is 24.5 Å². The van der Waals surface area contributed by atoms with Crippen LogP contribution in [0.2, 0.25) is 5.02 Å². The number of aryl methyl sites for hydroxylation is 1. The van der Waals surface area contributed by atoms with Crippen molar-refractivity contribution in [3.8, 4) is 0 Å². The number of pyridine rings is 2. The minimum atomic E-state index is -0.224. The van der Waals surface area contributed by atoms with Crippen molar-refractivity contribution in [3.05, 3.63) is 86.7 Å². The van der Waals surface area contributed by atoms with Gasteiger partial charge in [0.2, 0.25) is 5.78 Å². The number of hydrogen-bond donors (Lipinski definition) is 1. The number of hydrogen-bond acceptors (Lipinski definition) is 5. The van der Waals surface area contributed by atoms with E-state index >= 15 is 0 Å². The van der Waals surface area contributed by atoms with Gasteiger partial charge >= 0.3 is 0 Å². The second-order valence-corrected chi connectivity index (χ2v) is 8.30. The Kier molecular flexibility index (Phi) is 5.94. The van der Waals surface area contributed by atoms with Crippen molar-refractivity contribution in [3.63, 3.8) is 0 Å². The van der Waals surface area contributed by atoms with Crippen LogP contribution in [0.1, 0.15) is 33.4 Å². The number of carbonyl (C=O) groups is 1. The molecule has 0 aliphatic carbocycles. The van der Waals surface area contributed by atoms with Crippen molar-refractivity contribution in [2.45, 2.75) is 13.0 Å². The quantitative estimate of drug-likeness (QED) is 0.564. The zero-order valence-electron chi connectivity index (χ0n) is 15.9. The van der Waals surface area contributed by atoms with E-state index in [9.17, 15) is 4.79 Å². The first-order valence-corrected chi connectivity index (χ1v) is 10.6. The molecule has 1 unspecified atom stereocenters. The number of rotatable bonds is 4. The van der Waals surface area contributed by atoms with Crippen LogP contribution >= 0.6 is 27.5 Å². The van der Waals surface area contributed by atoms with Gasteiger partial charge in [0.05, 0.1) is 5.02 Å². The molecule has 0 spiro atoms. The van der Waals surface area contributed by atoms with Crippen LogP contribution in [-0.4, -0.2) is 35.4 Å². The number of benzene rings is 1. The summed E-state index contributed by atoms with van der Waals surface area (Å²) in [4.78, 5) is 24.2. The molecule has 3 aromatic rings. The van der Waals surface area contributed by atoms with Crippen molar-refractivity contribution in [1.29, 1.82) is 0 Å². The van der Waals surface area contributed by atoms with Gasteiger partial charge in [0.25, 0.3) is 0 Å². The van der Waals surface area contributed by atoms with E-state index in [1.54, 1.807) is 25.3 Å². The van der Waals surface area contributed by atoms with Crippen LogP contribution in [0.3, 0.4) is 0 Å². The van der Waals surface area contributed by atoms with Gasteiger partial charge in [-0.3, -0.25) is 9.78 Å². The third-order valence-electron chi connectivity index (χ3n) is 5.05. The fourth-order valence-corrected chi connectivity index (χ4v) is 4.02. The second-order valence-electron chi connectivity index (χ2n) is 6.98. The average molecular weight is 472 g/mol. The van der Waals surface area contributed by atoms with Gasteiger partial charge in [0.15, 0.2) is 0 Å². The first-order chi connectivity index (χ1) is 14.0. The highest BCUT2D eigenvalue weighted by Gasteiger charge is 2.24. The molecule has 4 rings (SSSR count). The Morgan fingerprint density at radius 2 is 2.03 bits per heavy atom. The van der Waals surface area contributed by atoms with Crippen LogP contribution in [0, 0.1) is 6.92 Å². The molecule has 1 aliphatic rings. The van der Waals surface area contributed by atoms with Crippen molar-refractivity contribution in [2.24, 2.45) is 0 Å². The van der Waals surface area contributed by atoms with E-state index in [0.717, 1.165) is 29.9 Å². The summed E-state index contributed by atoms with van der Waals surface area (Å²) in [7, 11) is 0. The largest absolute Gasteiger partial charge is 0.353 e. The van der Waals surface area contributed by atoms with Gasteiger partial charge in [0, 0.05) is 47.6 Å². The molecule has 0 saturated carbocycles. The number of halogens is 2. The normalized spacial score (nSPS) is 16.7. The molecule has 1 atom stereocenters. The van der Waals surface area contributed by atoms with Gasteiger partial charge < -0.3 is 10.2 Å². The Bertz CT molecular complexity index is 1040. The van der Waals surface area contributed by atoms with E-state index in [2.05, 4.69) is 48.2 Å². The number of anilines is 1. The van der Waals surface area contributed by atoms with Crippen LogP contribution in [0.25, 0.3) is 0 Å².